The number of hydrogen-bond acceptors (Lipinski definition) is 6. The molecule has 20 heavy (non-hydrogen) atoms. The summed E-state index contributed by atoms with van der Waals surface area (Å²) in [7, 11) is 1.69. The first kappa shape index (κ1) is 14.6. The highest BCUT2D eigenvalue weighted by molar-refractivity contribution is 5.13. The van der Waals surface area contributed by atoms with Crippen molar-refractivity contribution in [3.05, 3.63) is 41.8 Å². The molecule has 2 heterocycles. The fraction of sp³-hybridized carbons (Fsp3) is 0.500. The Hall–Kier alpha value is -1.79. The summed E-state index contributed by atoms with van der Waals surface area (Å²) in [5, 5.41) is 7.33. The topological polar surface area (TPSA) is 73.1 Å². The Morgan fingerprint density at radius 1 is 1.45 bits per heavy atom. The third-order valence-corrected chi connectivity index (χ3v) is 2.88. The zero-order valence-electron chi connectivity index (χ0n) is 11.9. The SMILES string of the molecule is CCNC(COC)Cc1nc(Cc2cccnc2)no1. The molecule has 6 nitrogen and oxygen atoms in total. The van der Waals surface area contributed by atoms with E-state index in [1.54, 1.807) is 13.3 Å². The molecule has 2 aromatic rings. The Kier molecular flexibility index (Phi) is 5.64. The van der Waals surface area contributed by atoms with Crippen LogP contribution >= 0.6 is 0 Å². The Morgan fingerprint density at radius 3 is 3.05 bits per heavy atom. The van der Waals surface area contributed by atoms with Gasteiger partial charge in [-0.15, -0.1) is 0 Å². The van der Waals surface area contributed by atoms with Crippen LogP contribution in [-0.2, 0) is 17.6 Å². The van der Waals surface area contributed by atoms with Gasteiger partial charge in [-0.25, -0.2) is 0 Å². The van der Waals surface area contributed by atoms with Crippen LogP contribution in [0.25, 0.3) is 0 Å². The second-order valence-corrected chi connectivity index (χ2v) is 4.56. The van der Waals surface area contributed by atoms with Crippen molar-refractivity contribution in [3.63, 3.8) is 0 Å². The predicted molar refractivity (Wildman–Crippen MR) is 74.4 cm³/mol. The lowest BCUT2D eigenvalue weighted by molar-refractivity contribution is 0.162. The van der Waals surface area contributed by atoms with Gasteiger partial charge in [-0.05, 0) is 18.2 Å². The van der Waals surface area contributed by atoms with Gasteiger partial charge >= 0.3 is 0 Å². The Morgan fingerprint density at radius 2 is 2.35 bits per heavy atom. The zero-order chi connectivity index (χ0) is 14.2. The van der Waals surface area contributed by atoms with Crippen LogP contribution in [0.1, 0.15) is 24.2 Å². The van der Waals surface area contributed by atoms with Gasteiger partial charge in [-0.2, -0.15) is 4.98 Å². The van der Waals surface area contributed by atoms with Crippen molar-refractivity contribution in [3.8, 4) is 0 Å². The van der Waals surface area contributed by atoms with Crippen molar-refractivity contribution in [2.75, 3.05) is 20.3 Å². The number of nitrogens with zero attached hydrogens (tertiary/aromatic N) is 3. The third kappa shape index (κ3) is 4.40. The molecule has 0 amide bonds. The minimum absolute atomic E-state index is 0.191. The predicted octanol–water partition coefficient (Wildman–Crippen LogP) is 1.22. The maximum Gasteiger partial charge on any atom is 0.228 e. The largest absolute Gasteiger partial charge is 0.383 e. The minimum atomic E-state index is 0.191. The van der Waals surface area contributed by atoms with Crippen molar-refractivity contribution < 1.29 is 9.26 Å². The maximum absolute atomic E-state index is 5.28. The molecule has 1 unspecified atom stereocenters. The van der Waals surface area contributed by atoms with Gasteiger partial charge in [0, 0.05) is 38.4 Å². The number of pyridine rings is 1. The summed E-state index contributed by atoms with van der Waals surface area (Å²) in [6.07, 6.45) is 4.86. The number of likely N-dealkylation sites (N-methyl/N-ethyl adjacent to an activating group) is 1. The smallest absolute Gasteiger partial charge is 0.228 e. The first-order valence-corrected chi connectivity index (χ1v) is 6.74. The van der Waals surface area contributed by atoms with Crippen molar-refractivity contribution >= 4 is 0 Å². The molecule has 0 saturated heterocycles. The molecule has 0 spiro atoms. The lowest BCUT2D eigenvalue weighted by Gasteiger charge is -2.14. The lowest BCUT2D eigenvalue weighted by atomic mass is 10.2. The molecule has 6 heteroatoms. The average Bonchev–Trinajstić information content (AvgIpc) is 2.88. The number of rotatable bonds is 8. The van der Waals surface area contributed by atoms with Crippen molar-refractivity contribution in [1.29, 1.82) is 0 Å². The van der Waals surface area contributed by atoms with E-state index < -0.39 is 0 Å². The number of nitrogens with one attached hydrogen (secondary N) is 1. The van der Waals surface area contributed by atoms with E-state index in [9.17, 15) is 0 Å². The molecule has 0 saturated carbocycles. The quantitative estimate of drug-likeness (QED) is 0.781. The summed E-state index contributed by atoms with van der Waals surface area (Å²) in [4.78, 5) is 8.48. The highest BCUT2D eigenvalue weighted by Crippen LogP contribution is 2.07. The van der Waals surface area contributed by atoms with Gasteiger partial charge in [0.25, 0.3) is 0 Å². The van der Waals surface area contributed by atoms with Gasteiger partial charge in [0.15, 0.2) is 5.82 Å². The second-order valence-electron chi connectivity index (χ2n) is 4.56. The van der Waals surface area contributed by atoms with E-state index in [-0.39, 0.29) is 6.04 Å². The van der Waals surface area contributed by atoms with Crippen LogP contribution in [0.5, 0.6) is 0 Å². The van der Waals surface area contributed by atoms with Gasteiger partial charge in [0.1, 0.15) is 0 Å². The lowest BCUT2D eigenvalue weighted by Crippen LogP contribution is -2.35. The second kappa shape index (κ2) is 7.72. The van der Waals surface area contributed by atoms with E-state index in [1.807, 2.05) is 18.3 Å². The molecular weight excluding hydrogens is 256 g/mol. The monoisotopic (exact) mass is 276 g/mol. The number of methoxy groups -OCH3 is 1. The van der Waals surface area contributed by atoms with Crippen molar-refractivity contribution in [1.82, 2.24) is 20.4 Å². The van der Waals surface area contributed by atoms with Crippen LogP contribution < -0.4 is 5.32 Å². The Balaban J connectivity index is 1.94. The van der Waals surface area contributed by atoms with E-state index >= 15 is 0 Å². The fourth-order valence-electron chi connectivity index (χ4n) is 2.02. The summed E-state index contributed by atoms with van der Waals surface area (Å²) >= 11 is 0. The molecule has 0 fully saturated rings. The van der Waals surface area contributed by atoms with Gasteiger partial charge < -0.3 is 14.6 Å². The van der Waals surface area contributed by atoms with Crippen molar-refractivity contribution in [2.24, 2.45) is 0 Å². The molecule has 0 radical (unpaired) electrons. The Labute approximate surface area is 118 Å². The molecule has 0 aliphatic carbocycles. The number of hydrogen-bond donors (Lipinski definition) is 1. The molecular formula is C14H20N4O2. The summed E-state index contributed by atoms with van der Waals surface area (Å²) < 4.78 is 10.5. The summed E-state index contributed by atoms with van der Waals surface area (Å²) in [5.74, 6) is 1.31. The summed E-state index contributed by atoms with van der Waals surface area (Å²) in [6.45, 7) is 3.56. The maximum atomic E-state index is 5.28. The standard InChI is InChI=1S/C14H20N4O2/c1-3-16-12(10-19-2)8-14-17-13(18-20-14)7-11-5-4-6-15-9-11/h4-6,9,12,16H,3,7-8,10H2,1-2H3. The Bertz CT molecular complexity index is 495. The summed E-state index contributed by atoms with van der Waals surface area (Å²) in [5.41, 5.74) is 1.07. The highest BCUT2D eigenvalue weighted by Gasteiger charge is 2.14. The highest BCUT2D eigenvalue weighted by atomic mass is 16.5. The molecule has 0 aliphatic heterocycles. The molecule has 1 atom stereocenters. The normalized spacial score (nSPS) is 12.5. The van der Waals surface area contributed by atoms with E-state index in [1.165, 1.54) is 0 Å². The van der Waals surface area contributed by atoms with Gasteiger partial charge in [0.05, 0.1) is 6.61 Å². The van der Waals surface area contributed by atoms with Crippen LogP contribution in [0.2, 0.25) is 0 Å². The van der Waals surface area contributed by atoms with Gasteiger partial charge in [-0.1, -0.05) is 18.1 Å². The number of aromatic nitrogens is 3. The first-order chi connectivity index (χ1) is 9.81. The zero-order valence-corrected chi connectivity index (χ0v) is 11.9. The summed E-state index contributed by atoms with van der Waals surface area (Å²) in [6, 6.07) is 4.09. The van der Waals surface area contributed by atoms with Crippen molar-refractivity contribution in [2.45, 2.75) is 25.8 Å². The van der Waals surface area contributed by atoms with Crippen LogP contribution in [0.4, 0.5) is 0 Å². The minimum Gasteiger partial charge on any atom is -0.383 e. The first-order valence-electron chi connectivity index (χ1n) is 6.74. The van der Waals surface area contributed by atoms with Crippen LogP contribution in [-0.4, -0.2) is 41.4 Å². The molecule has 108 valence electrons. The molecule has 1 N–H and O–H groups in total. The van der Waals surface area contributed by atoms with Crippen LogP contribution in [0.3, 0.4) is 0 Å². The van der Waals surface area contributed by atoms with E-state index in [2.05, 4.69) is 27.4 Å². The van der Waals surface area contributed by atoms with Gasteiger partial charge in [-0.3, -0.25) is 4.98 Å². The van der Waals surface area contributed by atoms with E-state index in [0.29, 0.717) is 31.2 Å². The molecule has 0 aromatic carbocycles. The molecule has 0 bridgehead atoms. The number of ether oxygens (including phenoxy) is 1. The van der Waals surface area contributed by atoms with Crippen LogP contribution in [0.15, 0.2) is 29.0 Å². The molecule has 2 aromatic heterocycles. The van der Waals surface area contributed by atoms with E-state index in [4.69, 9.17) is 9.26 Å². The average molecular weight is 276 g/mol. The molecule has 2 rings (SSSR count). The molecule has 0 aliphatic rings. The third-order valence-electron chi connectivity index (χ3n) is 2.88. The fourth-order valence-corrected chi connectivity index (χ4v) is 2.02. The van der Waals surface area contributed by atoms with Gasteiger partial charge in [0.2, 0.25) is 5.89 Å². The van der Waals surface area contributed by atoms with E-state index in [0.717, 1.165) is 12.1 Å². The van der Waals surface area contributed by atoms with Crippen LogP contribution in [0, 0.1) is 0 Å².